The molecule has 1 aromatic carbocycles. The summed E-state index contributed by atoms with van der Waals surface area (Å²) in [7, 11) is -3.98. The van der Waals surface area contributed by atoms with E-state index in [9.17, 15) is 21.6 Å². The Hall–Kier alpha value is -2.53. The third-order valence-corrected chi connectivity index (χ3v) is 5.15. The maximum atomic E-state index is 12.9. The van der Waals surface area contributed by atoms with Gasteiger partial charge in [-0.15, -0.1) is 0 Å². The summed E-state index contributed by atoms with van der Waals surface area (Å²) in [5.41, 5.74) is 0.628. The highest BCUT2D eigenvalue weighted by atomic mass is 32.2. The van der Waals surface area contributed by atoms with Gasteiger partial charge >= 0.3 is 6.18 Å². The number of halogens is 3. The number of hydrogen-bond acceptors (Lipinski definition) is 5. The van der Waals surface area contributed by atoms with Crippen LogP contribution >= 0.6 is 0 Å². The zero-order chi connectivity index (χ0) is 20.0. The monoisotopic (exact) mass is 399 g/mol. The van der Waals surface area contributed by atoms with E-state index in [4.69, 9.17) is 5.14 Å². The number of sulfonamides is 1. The van der Waals surface area contributed by atoms with Crippen molar-refractivity contribution in [3.05, 3.63) is 47.7 Å². The summed E-state index contributed by atoms with van der Waals surface area (Å²) in [6.45, 7) is 3.73. The molecule has 0 bridgehead atoms. The number of fused-ring (bicyclic) bond motifs is 1. The number of alkyl halides is 3. The molecule has 0 saturated carbocycles. The molecule has 0 spiro atoms. The second-order valence-corrected chi connectivity index (χ2v) is 7.45. The van der Waals surface area contributed by atoms with Crippen LogP contribution in [0.2, 0.25) is 0 Å². The van der Waals surface area contributed by atoms with E-state index in [1.165, 1.54) is 10.6 Å². The highest BCUT2D eigenvalue weighted by Crippen LogP contribution is 2.32. The molecule has 0 saturated heterocycles. The maximum Gasteiger partial charge on any atom is 0.451 e. The average Bonchev–Trinajstić information content (AvgIpc) is 2.97. The second-order valence-electron chi connectivity index (χ2n) is 5.92. The highest BCUT2D eigenvalue weighted by Gasteiger charge is 2.35. The molecule has 2 aromatic heterocycles. The lowest BCUT2D eigenvalue weighted by molar-refractivity contribution is -0.144. The van der Waals surface area contributed by atoms with Crippen LogP contribution in [0.4, 0.5) is 13.2 Å². The molecule has 27 heavy (non-hydrogen) atoms. The SMILES string of the molecule is CCn1c(C(C)c2ccccc2S(N)(=O)=O)nc2cnc(C(F)(F)F)nc21. The van der Waals surface area contributed by atoms with Crippen molar-refractivity contribution in [3.8, 4) is 0 Å². The van der Waals surface area contributed by atoms with Gasteiger partial charge in [-0.1, -0.05) is 25.1 Å². The van der Waals surface area contributed by atoms with Crippen molar-refractivity contribution in [1.82, 2.24) is 19.5 Å². The van der Waals surface area contributed by atoms with Gasteiger partial charge in [-0.25, -0.2) is 28.5 Å². The van der Waals surface area contributed by atoms with Crippen molar-refractivity contribution in [2.24, 2.45) is 5.14 Å². The molecule has 1 unspecified atom stereocenters. The van der Waals surface area contributed by atoms with Gasteiger partial charge in [0.05, 0.1) is 11.1 Å². The summed E-state index contributed by atoms with van der Waals surface area (Å²) in [5, 5.41) is 5.28. The van der Waals surface area contributed by atoms with Gasteiger partial charge < -0.3 is 4.57 Å². The molecule has 7 nitrogen and oxygen atoms in total. The Morgan fingerprint density at radius 3 is 2.48 bits per heavy atom. The number of aryl methyl sites for hydroxylation is 1. The van der Waals surface area contributed by atoms with Crippen molar-refractivity contribution < 1.29 is 21.6 Å². The van der Waals surface area contributed by atoms with Crippen LogP contribution in [0.3, 0.4) is 0 Å². The van der Waals surface area contributed by atoms with Crippen molar-refractivity contribution in [2.75, 3.05) is 0 Å². The molecular formula is C16H16F3N5O2S. The molecule has 11 heteroatoms. The Bertz CT molecular complexity index is 1110. The maximum absolute atomic E-state index is 12.9. The Balaban J connectivity index is 2.21. The molecule has 1 atom stereocenters. The number of primary sulfonamides is 1. The van der Waals surface area contributed by atoms with Gasteiger partial charge in [-0.2, -0.15) is 13.2 Å². The minimum absolute atomic E-state index is 0.0368. The molecule has 144 valence electrons. The first-order valence-electron chi connectivity index (χ1n) is 7.96. The Kier molecular flexibility index (Phi) is 4.68. The first-order chi connectivity index (χ1) is 12.5. The minimum Gasteiger partial charge on any atom is -0.312 e. The highest BCUT2D eigenvalue weighted by molar-refractivity contribution is 7.89. The van der Waals surface area contributed by atoms with Crippen LogP contribution < -0.4 is 5.14 Å². The van der Waals surface area contributed by atoms with Crippen LogP contribution in [-0.4, -0.2) is 27.9 Å². The minimum atomic E-state index is -4.68. The van der Waals surface area contributed by atoms with Crippen LogP contribution in [0.1, 0.15) is 37.0 Å². The van der Waals surface area contributed by atoms with Gasteiger partial charge in [0, 0.05) is 12.5 Å². The van der Waals surface area contributed by atoms with E-state index in [0.29, 0.717) is 17.9 Å². The fourth-order valence-electron chi connectivity index (χ4n) is 2.95. The van der Waals surface area contributed by atoms with Crippen LogP contribution in [0.5, 0.6) is 0 Å². The van der Waals surface area contributed by atoms with Gasteiger partial charge in [0.1, 0.15) is 11.3 Å². The molecule has 0 aliphatic carbocycles. The fourth-order valence-corrected chi connectivity index (χ4v) is 3.79. The Morgan fingerprint density at radius 2 is 1.89 bits per heavy atom. The van der Waals surface area contributed by atoms with Crippen LogP contribution in [0.25, 0.3) is 11.2 Å². The Labute approximate surface area is 153 Å². The van der Waals surface area contributed by atoms with Gasteiger partial charge in [0.2, 0.25) is 15.8 Å². The van der Waals surface area contributed by atoms with E-state index in [0.717, 1.165) is 6.20 Å². The fraction of sp³-hybridized carbons (Fsp3) is 0.312. The second kappa shape index (κ2) is 6.57. The van der Waals surface area contributed by atoms with E-state index >= 15 is 0 Å². The number of imidazole rings is 1. The lowest BCUT2D eigenvalue weighted by Crippen LogP contribution is -2.17. The third kappa shape index (κ3) is 3.52. The number of nitrogens with zero attached hydrogens (tertiary/aromatic N) is 4. The van der Waals surface area contributed by atoms with E-state index in [1.54, 1.807) is 32.0 Å². The largest absolute Gasteiger partial charge is 0.451 e. The third-order valence-electron chi connectivity index (χ3n) is 4.17. The molecule has 0 aliphatic heterocycles. The van der Waals surface area contributed by atoms with Gasteiger partial charge in [-0.3, -0.25) is 0 Å². The smallest absolute Gasteiger partial charge is 0.312 e. The van der Waals surface area contributed by atoms with Gasteiger partial charge in [0.15, 0.2) is 5.65 Å². The summed E-state index contributed by atoms with van der Waals surface area (Å²) in [6.07, 6.45) is -3.66. The predicted octanol–water partition coefficient (Wildman–Crippen LogP) is 2.66. The van der Waals surface area contributed by atoms with E-state index in [2.05, 4.69) is 15.0 Å². The summed E-state index contributed by atoms with van der Waals surface area (Å²) < 4.78 is 64.1. The molecule has 0 radical (unpaired) electrons. The summed E-state index contributed by atoms with van der Waals surface area (Å²) in [5.74, 6) is -1.44. The lowest BCUT2D eigenvalue weighted by atomic mass is 10.0. The summed E-state index contributed by atoms with van der Waals surface area (Å²) >= 11 is 0. The zero-order valence-electron chi connectivity index (χ0n) is 14.4. The Morgan fingerprint density at radius 1 is 1.22 bits per heavy atom. The van der Waals surface area contributed by atoms with Gasteiger partial charge in [0.25, 0.3) is 0 Å². The molecule has 2 heterocycles. The first kappa shape index (κ1) is 19.2. The van der Waals surface area contributed by atoms with Crippen LogP contribution in [0, 0.1) is 0 Å². The van der Waals surface area contributed by atoms with Crippen molar-refractivity contribution in [1.29, 1.82) is 0 Å². The first-order valence-corrected chi connectivity index (χ1v) is 9.50. The molecule has 0 aliphatic rings. The van der Waals surface area contributed by atoms with Gasteiger partial charge in [-0.05, 0) is 18.6 Å². The molecule has 3 rings (SSSR count). The molecular weight excluding hydrogens is 383 g/mol. The van der Waals surface area contributed by atoms with Crippen LogP contribution in [-0.2, 0) is 22.7 Å². The van der Waals surface area contributed by atoms with Crippen molar-refractivity contribution >= 4 is 21.2 Å². The van der Waals surface area contributed by atoms with Crippen molar-refractivity contribution in [3.63, 3.8) is 0 Å². The molecule has 0 fully saturated rings. The predicted molar refractivity (Wildman–Crippen MR) is 91.3 cm³/mol. The van der Waals surface area contributed by atoms with E-state index in [-0.39, 0.29) is 16.1 Å². The standard InChI is InChI=1S/C16H16F3N5O2S/c1-3-24-13(9(2)10-6-4-5-7-12(10)27(20,25)26)22-11-8-21-15(16(17,18)19)23-14(11)24/h4-9H,3H2,1-2H3,(H2,20,25,26). The van der Waals surface area contributed by atoms with E-state index < -0.39 is 27.9 Å². The lowest BCUT2D eigenvalue weighted by Gasteiger charge is -2.16. The quantitative estimate of drug-likeness (QED) is 0.726. The van der Waals surface area contributed by atoms with Crippen LogP contribution in [0.15, 0.2) is 35.4 Å². The molecule has 2 N–H and O–H groups in total. The molecule has 3 aromatic rings. The number of benzene rings is 1. The number of hydrogen-bond donors (Lipinski definition) is 1. The summed E-state index contributed by atoms with van der Waals surface area (Å²) in [6, 6.07) is 6.17. The van der Waals surface area contributed by atoms with Crippen molar-refractivity contribution in [2.45, 2.75) is 37.4 Å². The summed E-state index contributed by atoms with van der Waals surface area (Å²) in [4.78, 5) is 11.2. The zero-order valence-corrected chi connectivity index (χ0v) is 15.2. The number of nitrogens with two attached hydrogens (primary N) is 1. The average molecular weight is 399 g/mol. The topological polar surface area (TPSA) is 104 Å². The van der Waals surface area contributed by atoms with E-state index in [1.807, 2.05) is 0 Å². The normalized spacial score (nSPS) is 13.9. The molecule has 0 amide bonds. The number of rotatable bonds is 4. The number of aromatic nitrogens is 4.